The fourth-order valence-corrected chi connectivity index (χ4v) is 10.00. The van der Waals surface area contributed by atoms with Crippen molar-refractivity contribution in [3.8, 4) is 33.4 Å². The molecule has 0 amide bonds. The molecule has 0 unspecified atom stereocenters. The summed E-state index contributed by atoms with van der Waals surface area (Å²) in [6, 6.07) is 71.4. The highest BCUT2D eigenvalue weighted by Crippen LogP contribution is 2.50. The summed E-state index contributed by atoms with van der Waals surface area (Å²) >= 11 is 1.86. The van der Waals surface area contributed by atoms with Crippen LogP contribution in [0.1, 0.15) is 0 Å². The number of thiophene rings is 1. The Morgan fingerprint density at radius 2 is 0.897 bits per heavy atom. The lowest BCUT2D eigenvalue weighted by atomic mass is 9.98. The van der Waals surface area contributed by atoms with Crippen LogP contribution >= 0.6 is 11.3 Å². The van der Waals surface area contributed by atoms with E-state index in [4.69, 9.17) is 8.83 Å². The van der Waals surface area contributed by atoms with Gasteiger partial charge in [0.25, 0.3) is 0 Å². The lowest BCUT2D eigenvalue weighted by Crippen LogP contribution is -2.10. The van der Waals surface area contributed by atoms with Crippen LogP contribution in [-0.4, -0.2) is 0 Å². The summed E-state index contributed by atoms with van der Waals surface area (Å²) < 4.78 is 15.6. The maximum absolute atomic E-state index is 6.55. The average Bonchev–Trinajstić information content (AvgIpc) is 3.98. The highest BCUT2D eigenvalue weighted by molar-refractivity contribution is 7.26. The lowest BCUT2D eigenvalue weighted by molar-refractivity contribution is 0.668. The van der Waals surface area contributed by atoms with E-state index in [9.17, 15) is 0 Å². The van der Waals surface area contributed by atoms with Gasteiger partial charge >= 0.3 is 0 Å². The van der Waals surface area contributed by atoms with E-state index in [-0.39, 0.29) is 0 Å². The van der Waals surface area contributed by atoms with Crippen LogP contribution in [0.15, 0.2) is 209 Å². The summed E-state index contributed by atoms with van der Waals surface area (Å²) in [5.74, 6) is 0. The molecule has 272 valence electrons. The first-order valence-electron chi connectivity index (χ1n) is 19.6. The first-order chi connectivity index (χ1) is 28.7. The Labute approximate surface area is 338 Å². The zero-order chi connectivity index (χ0) is 38.2. The van der Waals surface area contributed by atoms with E-state index < -0.39 is 0 Å². The predicted octanol–water partition coefficient (Wildman–Crippen LogP) is 16.3. The third-order valence-electron chi connectivity index (χ3n) is 11.5. The van der Waals surface area contributed by atoms with Crippen LogP contribution in [0, 0.1) is 0 Å². The molecule has 3 aromatic heterocycles. The second-order valence-electron chi connectivity index (χ2n) is 14.9. The molecule has 0 N–H and O–H groups in total. The molecule has 0 saturated carbocycles. The number of benzene rings is 9. The van der Waals surface area contributed by atoms with Crippen LogP contribution in [0.2, 0.25) is 0 Å². The van der Waals surface area contributed by atoms with E-state index in [1.807, 2.05) is 29.5 Å². The second kappa shape index (κ2) is 13.1. The van der Waals surface area contributed by atoms with Crippen molar-refractivity contribution < 1.29 is 8.83 Å². The van der Waals surface area contributed by atoms with Crippen molar-refractivity contribution in [3.05, 3.63) is 200 Å². The van der Waals surface area contributed by atoms with Crippen LogP contribution in [0.4, 0.5) is 17.1 Å². The third kappa shape index (κ3) is 5.27. The van der Waals surface area contributed by atoms with Gasteiger partial charge in [-0.05, 0) is 94.0 Å². The quantitative estimate of drug-likeness (QED) is 0.169. The standard InChI is InChI=1S/C54H33NO2S/c1-4-12-34(13-5-1)37-20-24-44-46-32-39(23-29-49(46)57-50(44)30-37)55(40-22-26-43-42-18-10-11-19-48(42)56-51(43)33-40)47-28-27-41(36-16-8-3-9-17-36)54-53(47)45-25-21-38(31-52(45)58-54)35-14-6-2-7-15-35/h1-33H. The van der Waals surface area contributed by atoms with Gasteiger partial charge < -0.3 is 13.7 Å². The SMILES string of the molecule is c1ccc(-c2ccc3c(c2)oc2ccc(N(c4ccc5c(c4)oc4ccccc45)c4ccc(-c5ccccc5)c5sc6cc(-c7ccccc7)ccc6c45)cc23)cc1. The van der Waals surface area contributed by atoms with Gasteiger partial charge in [-0.2, -0.15) is 0 Å². The van der Waals surface area contributed by atoms with Crippen molar-refractivity contribution in [1.29, 1.82) is 0 Å². The zero-order valence-corrected chi connectivity index (χ0v) is 32.0. The summed E-state index contributed by atoms with van der Waals surface area (Å²) in [6.45, 7) is 0. The number of para-hydroxylation sites is 1. The molecule has 0 aliphatic heterocycles. The minimum Gasteiger partial charge on any atom is -0.456 e. The molecular formula is C54H33NO2S. The summed E-state index contributed by atoms with van der Waals surface area (Å²) in [7, 11) is 0. The van der Waals surface area contributed by atoms with E-state index in [2.05, 4.69) is 187 Å². The van der Waals surface area contributed by atoms with Gasteiger partial charge in [-0.1, -0.05) is 133 Å². The van der Waals surface area contributed by atoms with Gasteiger partial charge in [0, 0.05) is 59.2 Å². The summed E-state index contributed by atoms with van der Waals surface area (Å²) in [5.41, 5.74) is 13.8. The van der Waals surface area contributed by atoms with Gasteiger partial charge in [-0.3, -0.25) is 0 Å². The molecule has 4 heteroatoms. The predicted molar refractivity (Wildman–Crippen MR) is 245 cm³/mol. The van der Waals surface area contributed by atoms with Gasteiger partial charge in [0.2, 0.25) is 0 Å². The fourth-order valence-electron chi connectivity index (χ4n) is 8.70. The molecule has 0 bridgehead atoms. The first kappa shape index (κ1) is 32.8. The monoisotopic (exact) mass is 759 g/mol. The molecule has 0 atom stereocenters. The van der Waals surface area contributed by atoms with Crippen molar-refractivity contribution in [2.45, 2.75) is 0 Å². The van der Waals surface area contributed by atoms with Crippen LogP contribution in [0.25, 0.3) is 97.4 Å². The van der Waals surface area contributed by atoms with Gasteiger partial charge in [0.15, 0.2) is 0 Å². The average molecular weight is 760 g/mol. The molecule has 3 nitrogen and oxygen atoms in total. The maximum Gasteiger partial charge on any atom is 0.137 e. The molecule has 0 radical (unpaired) electrons. The smallest absolute Gasteiger partial charge is 0.137 e. The Morgan fingerprint density at radius 3 is 1.66 bits per heavy atom. The Hall–Kier alpha value is -7.40. The number of hydrogen-bond acceptors (Lipinski definition) is 4. The first-order valence-corrected chi connectivity index (χ1v) is 20.4. The largest absolute Gasteiger partial charge is 0.456 e. The number of fused-ring (bicyclic) bond motifs is 9. The van der Waals surface area contributed by atoms with Crippen molar-refractivity contribution in [2.24, 2.45) is 0 Å². The highest BCUT2D eigenvalue weighted by atomic mass is 32.1. The minimum absolute atomic E-state index is 0.854. The van der Waals surface area contributed by atoms with Crippen molar-refractivity contribution >= 4 is 92.4 Å². The summed E-state index contributed by atoms with van der Waals surface area (Å²) in [6.07, 6.45) is 0. The Morgan fingerprint density at radius 1 is 0.345 bits per heavy atom. The maximum atomic E-state index is 6.55. The van der Waals surface area contributed by atoms with Gasteiger partial charge in [-0.25, -0.2) is 0 Å². The van der Waals surface area contributed by atoms with Crippen molar-refractivity contribution in [3.63, 3.8) is 0 Å². The Balaban J connectivity index is 1.12. The number of anilines is 3. The highest BCUT2D eigenvalue weighted by Gasteiger charge is 2.23. The van der Waals surface area contributed by atoms with Gasteiger partial charge in [0.1, 0.15) is 22.3 Å². The number of rotatable bonds is 6. The number of furan rings is 2. The molecule has 12 rings (SSSR count). The Bertz CT molecular complexity index is 3510. The summed E-state index contributed by atoms with van der Waals surface area (Å²) in [5, 5.41) is 6.82. The van der Waals surface area contributed by atoms with E-state index in [1.165, 1.54) is 48.0 Å². The van der Waals surface area contributed by atoms with E-state index >= 15 is 0 Å². The fraction of sp³-hybridized carbons (Fsp3) is 0. The van der Waals surface area contributed by atoms with E-state index in [0.717, 1.165) is 66.5 Å². The Kier molecular flexibility index (Phi) is 7.40. The molecule has 3 heterocycles. The number of hydrogen-bond donors (Lipinski definition) is 0. The molecule has 0 fully saturated rings. The van der Waals surface area contributed by atoms with Crippen LogP contribution in [-0.2, 0) is 0 Å². The second-order valence-corrected chi connectivity index (χ2v) is 15.9. The molecule has 9 aromatic carbocycles. The molecular weight excluding hydrogens is 727 g/mol. The van der Waals surface area contributed by atoms with Crippen molar-refractivity contribution in [1.82, 2.24) is 0 Å². The minimum atomic E-state index is 0.854. The molecule has 0 spiro atoms. The zero-order valence-electron chi connectivity index (χ0n) is 31.2. The van der Waals surface area contributed by atoms with Crippen molar-refractivity contribution in [2.75, 3.05) is 4.90 Å². The third-order valence-corrected chi connectivity index (χ3v) is 12.7. The van der Waals surface area contributed by atoms with Crippen LogP contribution in [0.3, 0.4) is 0 Å². The molecule has 0 saturated heterocycles. The molecule has 12 aromatic rings. The molecule has 0 aliphatic rings. The van der Waals surface area contributed by atoms with Gasteiger partial charge in [-0.15, -0.1) is 11.3 Å². The summed E-state index contributed by atoms with van der Waals surface area (Å²) in [4.78, 5) is 2.40. The van der Waals surface area contributed by atoms with E-state index in [0.29, 0.717) is 0 Å². The normalized spacial score (nSPS) is 11.8. The molecule has 58 heavy (non-hydrogen) atoms. The van der Waals surface area contributed by atoms with Gasteiger partial charge in [0.05, 0.1) is 5.69 Å². The van der Waals surface area contributed by atoms with E-state index in [1.54, 1.807) is 0 Å². The topological polar surface area (TPSA) is 29.5 Å². The van der Waals surface area contributed by atoms with Crippen LogP contribution in [0.5, 0.6) is 0 Å². The number of nitrogens with zero attached hydrogens (tertiary/aromatic N) is 1. The lowest BCUT2D eigenvalue weighted by Gasteiger charge is -2.27. The van der Waals surface area contributed by atoms with Crippen LogP contribution < -0.4 is 4.90 Å². The molecule has 0 aliphatic carbocycles.